The first-order chi connectivity index (χ1) is 9.51. The lowest BCUT2D eigenvalue weighted by molar-refractivity contribution is 0.0531. The van der Waals surface area contributed by atoms with Crippen molar-refractivity contribution in [2.24, 2.45) is 17.4 Å². The first-order valence-corrected chi connectivity index (χ1v) is 9.28. The Morgan fingerprint density at radius 2 is 1.70 bits per heavy atom. The minimum absolute atomic E-state index is 0.141. The minimum atomic E-state index is -2.78. The molecule has 5 nitrogen and oxygen atoms in total. The highest BCUT2D eigenvalue weighted by atomic mass is 28.4. The standard InChI is InChI=1S/C14H30N2O3Si/c1-5-9-12-10-14(12,11-13(15)16)20(17-6-2,18-7-3)19-8-4/h5,12-13H,1,6-11,15-16H2,2-4H3. The summed E-state index contributed by atoms with van der Waals surface area (Å²) in [4.78, 5) is 0. The Morgan fingerprint density at radius 3 is 2.05 bits per heavy atom. The minimum Gasteiger partial charge on any atom is -0.373 e. The van der Waals surface area contributed by atoms with E-state index in [9.17, 15) is 0 Å². The van der Waals surface area contributed by atoms with E-state index in [0.717, 1.165) is 12.8 Å². The summed E-state index contributed by atoms with van der Waals surface area (Å²) < 4.78 is 18.2. The van der Waals surface area contributed by atoms with Crippen LogP contribution in [-0.2, 0) is 13.3 Å². The molecule has 118 valence electrons. The van der Waals surface area contributed by atoms with Crippen LogP contribution < -0.4 is 11.5 Å². The Labute approximate surface area is 124 Å². The van der Waals surface area contributed by atoms with Gasteiger partial charge in [-0.05, 0) is 46.0 Å². The van der Waals surface area contributed by atoms with Crippen molar-refractivity contribution in [2.45, 2.75) is 51.2 Å². The molecule has 2 atom stereocenters. The van der Waals surface area contributed by atoms with Crippen LogP contribution in [0.2, 0.25) is 5.04 Å². The highest BCUT2D eigenvalue weighted by Gasteiger charge is 2.73. The average molecular weight is 302 g/mol. The molecule has 2 unspecified atom stereocenters. The van der Waals surface area contributed by atoms with Gasteiger partial charge in [-0.25, -0.2) is 0 Å². The largest absolute Gasteiger partial charge is 0.507 e. The van der Waals surface area contributed by atoms with Crippen LogP contribution in [0.4, 0.5) is 0 Å². The van der Waals surface area contributed by atoms with E-state index in [1.165, 1.54) is 0 Å². The van der Waals surface area contributed by atoms with Gasteiger partial charge in [-0.1, -0.05) is 6.08 Å². The third-order valence-electron chi connectivity index (χ3n) is 3.90. The lowest BCUT2D eigenvalue weighted by atomic mass is 10.1. The molecular formula is C14H30N2O3Si. The zero-order valence-corrected chi connectivity index (χ0v) is 14.1. The first-order valence-electron chi connectivity index (χ1n) is 7.55. The molecule has 0 bridgehead atoms. The van der Waals surface area contributed by atoms with Crippen molar-refractivity contribution in [3.63, 3.8) is 0 Å². The quantitative estimate of drug-likeness (QED) is 0.347. The fourth-order valence-corrected chi connectivity index (χ4v) is 7.04. The van der Waals surface area contributed by atoms with Crippen molar-refractivity contribution in [1.29, 1.82) is 0 Å². The molecule has 1 aliphatic rings. The molecule has 0 amide bonds. The summed E-state index contributed by atoms with van der Waals surface area (Å²) in [6.45, 7) is 11.5. The lowest BCUT2D eigenvalue weighted by Gasteiger charge is -2.37. The number of allylic oxidation sites excluding steroid dienone is 1. The summed E-state index contributed by atoms with van der Waals surface area (Å²) >= 11 is 0. The Kier molecular flexibility index (Phi) is 6.83. The van der Waals surface area contributed by atoms with Crippen LogP contribution in [0, 0.1) is 5.92 Å². The maximum absolute atomic E-state index is 6.06. The van der Waals surface area contributed by atoms with Gasteiger partial charge in [0.2, 0.25) is 0 Å². The van der Waals surface area contributed by atoms with Crippen molar-refractivity contribution in [2.75, 3.05) is 19.8 Å². The van der Waals surface area contributed by atoms with Gasteiger partial charge >= 0.3 is 8.80 Å². The molecule has 6 heteroatoms. The number of rotatable bonds is 11. The summed E-state index contributed by atoms with van der Waals surface area (Å²) in [6, 6.07) is 0. The molecule has 0 heterocycles. The lowest BCUT2D eigenvalue weighted by Crippen LogP contribution is -2.54. The van der Waals surface area contributed by atoms with Gasteiger partial charge in [-0.2, -0.15) is 0 Å². The molecule has 0 aromatic rings. The normalized spacial score (nSPS) is 26.0. The second-order valence-corrected chi connectivity index (χ2v) is 8.28. The van der Waals surface area contributed by atoms with Crippen molar-refractivity contribution in [3.8, 4) is 0 Å². The molecule has 0 aliphatic heterocycles. The molecule has 0 saturated heterocycles. The van der Waals surface area contributed by atoms with Crippen molar-refractivity contribution in [1.82, 2.24) is 0 Å². The Balaban J connectivity index is 3.06. The van der Waals surface area contributed by atoms with Crippen LogP contribution in [0.5, 0.6) is 0 Å². The van der Waals surface area contributed by atoms with E-state index >= 15 is 0 Å². The number of nitrogens with two attached hydrogens (primary N) is 2. The monoisotopic (exact) mass is 302 g/mol. The number of hydrogen-bond acceptors (Lipinski definition) is 5. The van der Waals surface area contributed by atoms with Crippen molar-refractivity contribution < 1.29 is 13.3 Å². The summed E-state index contributed by atoms with van der Waals surface area (Å²) in [5.74, 6) is 0.450. The molecule has 0 aromatic carbocycles. The van der Waals surface area contributed by atoms with E-state index in [1.807, 2.05) is 26.8 Å². The van der Waals surface area contributed by atoms with Crippen LogP contribution in [0.1, 0.15) is 40.0 Å². The SMILES string of the molecule is C=CCC1CC1(CC(N)N)[Si](OCC)(OCC)OCC. The second-order valence-electron chi connectivity index (χ2n) is 5.30. The smallest absolute Gasteiger partial charge is 0.373 e. The van der Waals surface area contributed by atoms with Gasteiger partial charge < -0.3 is 24.7 Å². The molecule has 20 heavy (non-hydrogen) atoms. The zero-order valence-electron chi connectivity index (χ0n) is 13.1. The van der Waals surface area contributed by atoms with Crippen LogP contribution in [-0.4, -0.2) is 34.8 Å². The first kappa shape index (κ1) is 17.8. The van der Waals surface area contributed by atoms with Gasteiger partial charge in [0.15, 0.2) is 0 Å². The van der Waals surface area contributed by atoms with E-state index in [4.69, 9.17) is 24.7 Å². The molecule has 1 saturated carbocycles. The van der Waals surface area contributed by atoms with Gasteiger partial charge in [-0.15, -0.1) is 6.58 Å². The van der Waals surface area contributed by atoms with Gasteiger partial charge in [0.25, 0.3) is 0 Å². The third kappa shape index (κ3) is 3.50. The average Bonchev–Trinajstić information content (AvgIpc) is 3.04. The Hall–Kier alpha value is -0.243. The van der Waals surface area contributed by atoms with E-state index in [0.29, 0.717) is 32.2 Å². The van der Waals surface area contributed by atoms with Crippen LogP contribution in [0.15, 0.2) is 12.7 Å². The predicted molar refractivity (Wildman–Crippen MR) is 83.0 cm³/mol. The van der Waals surface area contributed by atoms with E-state index in [2.05, 4.69) is 6.58 Å². The van der Waals surface area contributed by atoms with Gasteiger partial charge in [0.05, 0.1) is 6.17 Å². The zero-order chi connectivity index (χ0) is 15.2. The molecule has 0 radical (unpaired) electrons. The summed E-state index contributed by atoms with van der Waals surface area (Å²) in [6.07, 6.45) is 4.16. The number of hydrogen-bond donors (Lipinski definition) is 2. The van der Waals surface area contributed by atoms with Crippen LogP contribution in [0.3, 0.4) is 0 Å². The molecule has 1 rings (SSSR count). The van der Waals surface area contributed by atoms with Crippen molar-refractivity contribution >= 4 is 8.80 Å². The van der Waals surface area contributed by atoms with E-state index in [1.54, 1.807) is 0 Å². The molecule has 0 spiro atoms. The highest BCUT2D eigenvalue weighted by Crippen LogP contribution is 2.70. The summed E-state index contributed by atoms with van der Waals surface area (Å²) in [7, 11) is -2.78. The van der Waals surface area contributed by atoms with Crippen LogP contribution in [0.25, 0.3) is 0 Å². The predicted octanol–water partition coefficient (Wildman–Crippen LogP) is 2.00. The molecule has 1 aliphatic carbocycles. The summed E-state index contributed by atoms with van der Waals surface area (Å²) in [5, 5.41) is -0.141. The van der Waals surface area contributed by atoms with Crippen LogP contribution >= 0.6 is 0 Å². The maximum Gasteiger partial charge on any atom is 0.507 e. The molecule has 1 fully saturated rings. The topological polar surface area (TPSA) is 79.7 Å². The van der Waals surface area contributed by atoms with Gasteiger partial charge in [-0.3, -0.25) is 0 Å². The Morgan fingerprint density at radius 1 is 1.20 bits per heavy atom. The fraction of sp³-hybridized carbons (Fsp3) is 0.857. The maximum atomic E-state index is 6.06. The van der Waals surface area contributed by atoms with E-state index < -0.39 is 8.80 Å². The van der Waals surface area contributed by atoms with Gasteiger partial charge in [0, 0.05) is 24.9 Å². The van der Waals surface area contributed by atoms with Gasteiger partial charge in [0.1, 0.15) is 0 Å². The summed E-state index contributed by atoms with van der Waals surface area (Å²) in [5.41, 5.74) is 11.7. The third-order valence-corrected chi connectivity index (χ3v) is 7.94. The van der Waals surface area contributed by atoms with E-state index in [-0.39, 0.29) is 11.2 Å². The van der Waals surface area contributed by atoms with Crippen molar-refractivity contribution in [3.05, 3.63) is 12.7 Å². The fourth-order valence-electron chi connectivity index (χ4n) is 3.19. The molecule has 0 aromatic heterocycles. The highest BCUT2D eigenvalue weighted by molar-refractivity contribution is 6.65. The molecular weight excluding hydrogens is 272 g/mol. The second kappa shape index (κ2) is 7.68. The molecule has 4 N–H and O–H groups in total. The Bertz CT molecular complexity index is 298.